The van der Waals surface area contributed by atoms with Gasteiger partial charge in [0.25, 0.3) is 5.89 Å². The summed E-state index contributed by atoms with van der Waals surface area (Å²) in [6.45, 7) is 11.1. The highest BCUT2D eigenvalue weighted by molar-refractivity contribution is 9.10. The van der Waals surface area contributed by atoms with Gasteiger partial charge in [-0.3, -0.25) is 4.98 Å². The third-order valence-corrected chi connectivity index (χ3v) is 6.76. The number of nitrogens with zero attached hydrogens (tertiary/aromatic N) is 4. The zero-order chi connectivity index (χ0) is 26.5. The molecule has 36 heavy (non-hydrogen) atoms. The van der Waals surface area contributed by atoms with E-state index in [0.717, 1.165) is 4.47 Å². The average molecular weight is 559 g/mol. The largest absolute Gasteiger partial charge is 0.444 e. The summed E-state index contributed by atoms with van der Waals surface area (Å²) in [4.78, 5) is 22.9. The lowest BCUT2D eigenvalue weighted by Crippen LogP contribution is -2.66. The van der Waals surface area contributed by atoms with Gasteiger partial charge in [-0.25, -0.2) is 4.79 Å². The second-order valence-electron chi connectivity index (χ2n) is 11.1. The van der Waals surface area contributed by atoms with E-state index in [1.807, 2.05) is 52.0 Å². The molecule has 1 aliphatic rings. The standard InChI is InChI=1S/C26H31BrN4O5/c1-23(2,3)35-22(32)31-14-25(6,15-31)26(34,17-7-9-19(27)10-8-17)18-11-16(12-28-13-18)20-29-21(36-30-20)24(4,5)33/h7-13,33-34H,14-15H2,1-6H3/t26-/m0/s1. The summed E-state index contributed by atoms with van der Waals surface area (Å²) in [6.07, 6.45) is 2.75. The van der Waals surface area contributed by atoms with Crippen LogP contribution in [0.1, 0.15) is 58.6 Å². The van der Waals surface area contributed by atoms with Crippen LogP contribution in [0, 0.1) is 5.41 Å². The molecule has 1 aliphatic heterocycles. The summed E-state index contributed by atoms with van der Waals surface area (Å²) in [6, 6.07) is 9.17. The van der Waals surface area contributed by atoms with Crippen molar-refractivity contribution in [2.24, 2.45) is 5.41 Å². The minimum Gasteiger partial charge on any atom is -0.444 e. The number of carbonyl (C=O) groups excluding carboxylic acids is 1. The number of halogens is 1. The molecule has 2 aromatic heterocycles. The number of rotatable bonds is 5. The molecule has 0 bridgehead atoms. The van der Waals surface area contributed by atoms with Crippen molar-refractivity contribution < 1.29 is 24.3 Å². The van der Waals surface area contributed by atoms with Crippen molar-refractivity contribution in [2.75, 3.05) is 13.1 Å². The van der Waals surface area contributed by atoms with Crippen molar-refractivity contribution in [2.45, 2.75) is 58.3 Å². The Labute approximate surface area is 218 Å². The van der Waals surface area contributed by atoms with E-state index >= 15 is 0 Å². The molecular formula is C26H31BrN4O5. The highest BCUT2D eigenvalue weighted by Crippen LogP contribution is 2.51. The van der Waals surface area contributed by atoms with Crippen molar-refractivity contribution >= 4 is 22.0 Å². The number of aromatic nitrogens is 3. The maximum atomic E-state index is 12.7. The predicted octanol–water partition coefficient (Wildman–Crippen LogP) is 4.61. The second-order valence-corrected chi connectivity index (χ2v) is 12.0. The number of carbonyl (C=O) groups is 1. The topological polar surface area (TPSA) is 122 Å². The maximum Gasteiger partial charge on any atom is 0.410 e. The van der Waals surface area contributed by atoms with Gasteiger partial charge < -0.3 is 24.4 Å². The fourth-order valence-corrected chi connectivity index (χ4v) is 4.65. The van der Waals surface area contributed by atoms with E-state index in [9.17, 15) is 15.0 Å². The lowest BCUT2D eigenvalue weighted by atomic mass is 9.62. The third-order valence-electron chi connectivity index (χ3n) is 6.23. The van der Waals surface area contributed by atoms with Crippen LogP contribution < -0.4 is 0 Å². The van der Waals surface area contributed by atoms with Crippen molar-refractivity contribution in [1.29, 1.82) is 0 Å². The molecule has 0 radical (unpaired) electrons. The van der Waals surface area contributed by atoms with Gasteiger partial charge in [-0.1, -0.05) is 40.1 Å². The van der Waals surface area contributed by atoms with Gasteiger partial charge in [0.2, 0.25) is 5.82 Å². The fourth-order valence-electron chi connectivity index (χ4n) is 4.38. The van der Waals surface area contributed by atoms with E-state index in [0.29, 0.717) is 16.7 Å². The first-order valence-corrected chi connectivity index (χ1v) is 12.4. The van der Waals surface area contributed by atoms with Gasteiger partial charge in [0.1, 0.15) is 16.8 Å². The monoisotopic (exact) mass is 558 g/mol. The molecule has 0 spiro atoms. The molecule has 10 heteroatoms. The number of pyridine rings is 1. The Balaban J connectivity index is 1.74. The Kier molecular flexibility index (Phi) is 6.51. The normalized spacial score (nSPS) is 17.3. The first-order chi connectivity index (χ1) is 16.6. The molecule has 0 unspecified atom stereocenters. The summed E-state index contributed by atoms with van der Waals surface area (Å²) >= 11 is 3.46. The van der Waals surface area contributed by atoms with Crippen LogP contribution in [0.25, 0.3) is 11.4 Å². The number of hydrogen-bond acceptors (Lipinski definition) is 8. The Morgan fingerprint density at radius 2 is 1.72 bits per heavy atom. The van der Waals surface area contributed by atoms with Gasteiger partial charge in [0, 0.05) is 46.5 Å². The molecule has 1 saturated heterocycles. The fraction of sp³-hybridized carbons (Fsp3) is 0.462. The molecule has 0 saturated carbocycles. The van der Waals surface area contributed by atoms with E-state index in [1.54, 1.807) is 37.2 Å². The van der Waals surface area contributed by atoms with Gasteiger partial charge in [-0.05, 0) is 58.4 Å². The summed E-state index contributed by atoms with van der Waals surface area (Å²) in [7, 11) is 0. The zero-order valence-electron chi connectivity index (χ0n) is 21.2. The highest BCUT2D eigenvalue weighted by Gasteiger charge is 2.58. The number of ether oxygens (including phenoxy) is 1. The molecule has 1 aromatic carbocycles. The van der Waals surface area contributed by atoms with Crippen LogP contribution >= 0.6 is 15.9 Å². The molecule has 4 rings (SSSR count). The third kappa shape index (κ3) is 4.89. The summed E-state index contributed by atoms with van der Waals surface area (Å²) in [5.74, 6) is 0.318. The van der Waals surface area contributed by atoms with E-state index in [2.05, 4.69) is 31.1 Å². The van der Waals surface area contributed by atoms with Crippen LogP contribution in [0.3, 0.4) is 0 Å². The smallest absolute Gasteiger partial charge is 0.410 e. The number of benzene rings is 1. The van der Waals surface area contributed by atoms with Crippen molar-refractivity contribution in [3.63, 3.8) is 0 Å². The molecule has 3 heterocycles. The lowest BCUT2D eigenvalue weighted by molar-refractivity contribution is -0.131. The van der Waals surface area contributed by atoms with Crippen LogP contribution in [0.5, 0.6) is 0 Å². The Bertz CT molecular complexity index is 1260. The molecule has 1 amide bonds. The van der Waals surface area contributed by atoms with Crippen LogP contribution in [0.4, 0.5) is 4.79 Å². The van der Waals surface area contributed by atoms with Crippen LogP contribution in [-0.2, 0) is 15.9 Å². The lowest BCUT2D eigenvalue weighted by Gasteiger charge is -2.56. The minimum atomic E-state index is -1.50. The van der Waals surface area contributed by atoms with Gasteiger partial charge in [0.05, 0.1) is 0 Å². The molecule has 3 aromatic rings. The minimum absolute atomic E-state index is 0.0741. The van der Waals surface area contributed by atoms with Crippen LogP contribution in [0.15, 0.2) is 51.7 Å². The number of amides is 1. The van der Waals surface area contributed by atoms with Gasteiger partial charge in [0.15, 0.2) is 0 Å². The first-order valence-electron chi connectivity index (χ1n) is 11.6. The maximum absolute atomic E-state index is 12.7. The van der Waals surface area contributed by atoms with Gasteiger partial charge in [-0.15, -0.1) is 0 Å². The summed E-state index contributed by atoms with van der Waals surface area (Å²) < 4.78 is 11.6. The van der Waals surface area contributed by atoms with E-state index < -0.39 is 28.3 Å². The van der Waals surface area contributed by atoms with E-state index in [1.165, 1.54) is 0 Å². The summed E-state index contributed by atoms with van der Waals surface area (Å²) in [5.41, 5.74) is -2.46. The second kappa shape index (κ2) is 8.93. The Hall–Kier alpha value is -2.82. The summed E-state index contributed by atoms with van der Waals surface area (Å²) in [5, 5.41) is 26.6. The molecule has 0 aliphatic carbocycles. The molecule has 192 valence electrons. The molecule has 2 N–H and O–H groups in total. The quantitative estimate of drug-likeness (QED) is 0.465. The zero-order valence-corrected chi connectivity index (χ0v) is 22.8. The average Bonchev–Trinajstić information content (AvgIpc) is 3.27. The molecule has 9 nitrogen and oxygen atoms in total. The molecular weight excluding hydrogens is 528 g/mol. The van der Waals surface area contributed by atoms with E-state index in [4.69, 9.17) is 9.26 Å². The van der Waals surface area contributed by atoms with Gasteiger partial charge in [-0.2, -0.15) is 4.98 Å². The highest BCUT2D eigenvalue weighted by atomic mass is 79.9. The number of aliphatic hydroxyl groups is 2. The van der Waals surface area contributed by atoms with Crippen molar-refractivity contribution in [1.82, 2.24) is 20.0 Å². The molecule has 1 atom stereocenters. The van der Waals surface area contributed by atoms with Crippen LogP contribution in [-0.4, -0.2) is 55.0 Å². The van der Waals surface area contributed by atoms with E-state index in [-0.39, 0.29) is 24.8 Å². The van der Waals surface area contributed by atoms with Crippen molar-refractivity contribution in [3.8, 4) is 11.4 Å². The van der Waals surface area contributed by atoms with Gasteiger partial charge >= 0.3 is 6.09 Å². The SMILES string of the molecule is CC(C)(C)OC(=O)N1CC(C)([C@](O)(c2ccc(Br)cc2)c2cncc(-c3noc(C(C)(C)O)n3)c2)C1. The first kappa shape index (κ1) is 26.2. The predicted molar refractivity (Wildman–Crippen MR) is 136 cm³/mol. The Morgan fingerprint density at radius 3 is 2.28 bits per heavy atom. The number of hydrogen-bond donors (Lipinski definition) is 2. The number of likely N-dealkylation sites (tertiary alicyclic amines) is 1. The Morgan fingerprint density at radius 1 is 1.08 bits per heavy atom. The van der Waals surface area contributed by atoms with Crippen LogP contribution in [0.2, 0.25) is 0 Å². The molecule has 1 fully saturated rings. The van der Waals surface area contributed by atoms with Crippen molar-refractivity contribution in [3.05, 3.63) is 64.2 Å².